The van der Waals surface area contributed by atoms with Crippen molar-refractivity contribution in [2.24, 2.45) is 0 Å². The third-order valence-electron chi connectivity index (χ3n) is 5.17. The summed E-state index contributed by atoms with van der Waals surface area (Å²) >= 11 is 1.55. The minimum Gasteiger partial charge on any atom is -0.493 e. The molecule has 1 amide bonds. The fraction of sp³-hybridized carbons (Fsp3) is 0.304. The van der Waals surface area contributed by atoms with E-state index in [2.05, 4.69) is 34.6 Å². The molecule has 0 saturated heterocycles. The Hall–Kier alpha value is -2.66. The molecule has 1 saturated carbocycles. The van der Waals surface area contributed by atoms with Crippen molar-refractivity contribution in [3.05, 3.63) is 71.2 Å². The van der Waals surface area contributed by atoms with Crippen LogP contribution in [-0.2, 0) is 16.6 Å². The van der Waals surface area contributed by atoms with Gasteiger partial charge in [0.05, 0.1) is 24.3 Å². The van der Waals surface area contributed by atoms with E-state index in [0.717, 1.165) is 34.9 Å². The van der Waals surface area contributed by atoms with E-state index in [4.69, 9.17) is 4.74 Å². The van der Waals surface area contributed by atoms with Crippen molar-refractivity contribution in [1.29, 1.82) is 0 Å². The summed E-state index contributed by atoms with van der Waals surface area (Å²) < 4.78 is 5.69. The highest BCUT2D eigenvalue weighted by atomic mass is 32.1. The zero-order valence-electron chi connectivity index (χ0n) is 16.0. The number of carbonyl (C=O) groups is 1. The summed E-state index contributed by atoms with van der Waals surface area (Å²) in [6, 6.07) is 18.4. The first-order valence-electron chi connectivity index (χ1n) is 9.69. The molecule has 1 aliphatic rings. The number of carbonyl (C=O) groups excluding carboxylic acids is 1. The highest BCUT2D eigenvalue weighted by Crippen LogP contribution is 2.47. The molecular formula is C23H24N2O2S. The lowest BCUT2D eigenvalue weighted by Gasteiger charge is -2.16. The van der Waals surface area contributed by atoms with E-state index in [0.29, 0.717) is 19.6 Å². The minimum atomic E-state index is 0.0251. The number of hydrogen-bond acceptors (Lipinski definition) is 4. The monoisotopic (exact) mass is 392 g/mol. The molecule has 1 N–H and O–H groups in total. The normalized spacial score (nSPS) is 14.5. The fourth-order valence-corrected chi connectivity index (χ4v) is 4.29. The maximum Gasteiger partial charge on any atom is 0.226 e. The molecular weight excluding hydrogens is 368 g/mol. The Morgan fingerprint density at radius 3 is 2.64 bits per heavy atom. The third kappa shape index (κ3) is 4.09. The Bertz CT molecular complexity index is 948. The second-order valence-corrected chi connectivity index (χ2v) is 8.03. The van der Waals surface area contributed by atoms with Gasteiger partial charge in [0.25, 0.3) is 0 Å². The standard InChI is InChI=1S/C23H24N2O2S/c1-2-27-20-11-7-6-10-19(20)22-25-18(15-28-22)14-21(26)24-16-23(12-13-23)17-8-4-3-5-9-17/h3-11,15H,2,12-14,16H2,1H3,(H,24,26). The average Bonchev–Trinajstić information content (AvgIpc) is 3.39. The van der Waals surface area contributed by atoms with Crippen molar-refractivity contribution in [2.45, 2.75) is 31.6 Å². The predicted molar refractivity (Wildman–Crippen MR) is 113 cm³/mol. The lowest BCUT2D eigenvalue weighted by atomic mass is 9.96. The second-order valence-electron chi connectivity index (χ2n) is 7.17. The van der Waals surface area contributed by atoms with E-state index in [1.165, 1.54) is 5.56 Å². The lowest BCUT2D eigenvalue weighted by Crippen LogP contribution is -2.33. The van der Waals surface area contributed by atoms with Gasteiger partial charge >= 0.3 is 0 Å². The zero-order chi connectivity index (χ0) is 19.4. The topological polar surface area (TPSA) is 51.2 Å². The summed E-state index contributed by atoms with van der Waals surface area (Å²) in [5.74, 6) is 0.853. The summed E-state index contributed by atoms with van der Waals surface area (Å²) in [6.07, 6.45) is 2.57. The van der Waals surface area contributed by atoms with Crippen molar-refractivity contribution >= 4 is 17.2 Å². The van der Waals surface area contributed by atoms with Gasteiger partial charge in [0.1, 0.15) is 10.8 Å². The largest absolute Gasteiger partial charge is 0.493 e. The molecule has 2 aromatic carbocycles. The van der Waals surface area contributed by atoms with Crippen LogP contribution in [0.4, 0.5) is 0 Å². The third-order valence-corrected chi connectivity index (χ3v) is 6.10. The summed E-state index contributed by atoms with van der Waals surface area (Å²) in [5.41, 5.74) is 3.22. The van der Waals surface area contributed by atoms with E-state index >= 15 is 0 Å². The van der Waals surface area contributed by atoms with Gasteiger partial charge in [-0.25, -0.2) is 4.98 Å². The molecule has 28 heavy (non-hydrogen) atoms. The van der Waals surface area contributed by atoms with Crippen molar-refractivity contribution in [2.75, 3.05) is 13.2 Å². The van der Waals surface area contributed by atoms with Gasteiger partial charge in [-0.3, -0.25) is 4.79 Å². The second kappa shape index (κ2) is 8.15. The number of rotatable bonds is 8. The Kier molecular flexibility index (Phi) is 5.44. The van der Waals surface area contributed by atoms with Crippen molar-refractivity contribution in [3.8, 4) is 16.3 Å². The summed E-state index contributed by atoms with van der Waals surface area (Å²) in [7, 11) is 0. The lowest BCUT2D eigenvalue weighted by molar-refractivity contribution is -0.120. The van der Waals surface area contributed by atoms with Gasteiger partial charge in [0.15, 0.2) is 0 Å². The molecule has 0 atom stereocenters. The molecule has 1 aromatic heterocycles. The number of benzene rings is 2. The number of ether oxygens (including phenoxy) is 1. The van der Waals surface area contributed by atoms with E-state index in [1.807, 2.05) is 42.6 Å². The molecule has 3 aromatic rings. The smallest absolute Gasteiger partial charge is 0.226 e. The highest BCUT2D eigenvalue weighted by Gasteiger charge is 2.44. The Morgan fingerprint density at radius 2 is 1.89 bits per heavy atom. The molecule has 0 radical (unpaired) electrons. The van der Waals surface area contributed by atoms with E-state index in [1.54, 1.807) is 11.3 Å². The van der Waals surface area contributed by atoms with Crippen LogP contribution in [0.25, 0.3) is 10.6 Å². The number of aromatic nitrogens is 1. The Labute approximate surface area is 169 Å². The van der Waals surface area contributed by atoms with Gasteiger partial charge in [-0.1, -0.05) is 42.5 Å². The van der Waals surface area contributed by atoms with Crippen LogP contribution in [0.2, 0.25) is 0 Å². The first-order chi connectivity index (χ1) is 13.7. The molecule has 0 unspecified atom stereocenters. The summed E-state index contributed by atoms with van der Waals surface area (Å²) in [6.45, 7) is 3.28. The summed E-state index contributed by atoms with van der Waals surface area (Å²) in [4.78, 5) is 17.1. The van der Waals surface area contributed by atoms with E-state index in [9.17, 15) is 4.79 Å². The molecule has 144 valence electrons. The van der Waals surface area contributed by atoms with Crippen LogP contribution in [0.3, 0.4) is 0 Å². The van der Waals surface area contributed by atoms with Crippen molar-refractivity contribution in [3.63, 3.8) is 0 Å². The van der Waals surface area contributed by atoms with Gasteiger partial charge in [0, 0.05) is 17.3 Å². The Morgan fingerprint density at radius 1 is 1.14 bits per heavy atom. The zero-order valence-corrected chi connectivity index (χ0v) is 16.8. The summed E-state index contributed by atoms with van der Waals surface area (Å²) in [5, 5.41) is 5.96. The minimum absolute atomic E-state index is 0.0251. The molecule has 1 heterocycles. The van der Waals surface area contributed by atoms with Gasteiger partial charge in [-0.05, 0) is 37.5 Å². The fourth-order valence-electron chi connectivity index (χ4n) is 3.44. The van der Waals surface area contributed by atoms with Crippen LogP contribution in [0.5, 0.6) is 5.75 Å². The molecule has 0 spiro atoms. The number of para-hydroxylation sites is 1. The van der Waals surface area contributed by atoms with Crippen molar-refractivity contribution < 1.29 is 9.53 Å². The first kappa shape index (κ1) is 18.7. The van der Waals surface area contributed by atoms with Gasteiger partial charge in [-0.15, -0.1) is 11.3 Å². The molecule has 4 nitrogen and oxygen atoms in total. The maximum absolute atomic E-state index is 12.5. The maximum atomic E-state index is 12.5. The van der Waals surface area contributed by atoms with Crippen LogP contribution in [0, 0.1) is 0 Å². The van der Waals surface area contributed by atoms with Crippen LogP contribution in [0.15, 0.2) is 60.0 Å². The first-order valence-corrected chi connectivity index (χ1v) is 10.6. The van der Waals surface area contributed by atoms with Crippen LogP contribution in [-0.4, -0.2) is 24.0 Å². The van der Waals surface area contributed by atoms with Crippen molar-refractivity contribution in [1.82, 2.24) is 10.3 Å². The molecule has 0 bridgehead atoms. The molecule has 0 aliphatic heterocycles. The van der Waals surface area contributed by atoms with Gasteiger partial charge in [0.2, 0.25) is 5.91 Å². The highest BCUT2D eigenvalue weighted by molar-refractivity contribution is 7.13. The van der Waals surface area contributed by atoms with Crippen LogP contribution < -0.4 is 10.1 Å². The van der Waals surface area contributed by atoms with Gasteiger partial charge < -0.3 is 10.1 Å². The average molecular weight is 393 g/mol. The molecule has 4 rings (SSSR count). The van der Waals surface area contributed by atoms with Gasteiger partial charge in [-0.2, -0.15) is 0 Å². The molecule has 1 fully saturated rings. The number of thiazole rings is 1. The molecule has 5 heteroatoms. The Balaban J connectivity index is 1.38. The molecule has 1 aliphatic carbocycles. The SMILES string of the molecule is CCOc1ccccc1-c1nc(CC(=O)NCC2(c3ccccc3)CC2)cs1. The van der Waals surface area contributed by atoms with Crippen LogP contribution >= 0.6 is 11.3 Å². The number of amides is 1. The predicted octanol–water partition coefficient (Wildman–Crippen LogP) is 4.60. The van der Waals surface area contributed by atoms with E-state index in [-0.39, 0.29) is 11.3 Å². The number of nitrogens with zero attached hydrogens (tertiary/aromatic N) is 1. The van der Waals surface area contributed by atoms with Crippen LogP contribution in [0.1, 0.15) is 31.0 Å². The number of nitrogens with one attached hydrogen (secondary N) is 1. The quantitative estimate of drug-likeness (QED) is 0.610. The van der Waals surface area contributed by atoms with E-state index < -0.39 is 0 Å². The number of hydrogen-bond donors (Lipinski definition) is 1.